The predicted molar refractivity (Wildman–Crippen MR) is 65.5 cm³/mol. The molecule has 1 saturated heterocycles. The van der Waals surface area contributed by atoms with Crippen LogP contribution in [0, 0.1) is 0 Å². The highest BCUT2D eigenvalue weighted by Gasteiger charge is 2.18. The van der Waals surface area contributed by atoms with E-state index in [9.17, 15) is 0 Å². The molecule has 1 unspecified atom stereocenters. The first-order valence-electron chi connectivity index (χ1n) is 6.38. The minimum Gasteiger partial charge on any atom is -0.367 e. The van der Waals surface area contributed by atoms with Crippen LogP contribution in [0.5, 0.6) is 0 Å². The van der Waals surface area contributed by atoms with Gasteiger partial charge in [-0.1, -0.05) is 6.07 Å². The molecule has 0 aromatic carbocycles. The van der Waals surface area contributed by atoms with Crippen molar-refractivity contribution in [1.29, 1.82) is 0 Å². The fourth-order valence-corrected chi connectivity index (χ4v) is 2.43. The summed E-state index contributed by atoms with van der Waals surface area (Å²) in [5.41, 5.74) is 1.33. The lowest BCUT2D eigenvalue weighted by molar-refractivity contribution is 0.444. The second kappa shape index (κ2) is 4.42. The molecule has 2 heterocycles. The summed E-state index contributed by atoms with van der Waals surface area (Å²) in [5, 5.41) is 6.96. The van der Waals surface area contributed by atoms with Gasteiger partial charge < -0.3 is 10.6 Å². The second-order valence-electron chi connectivity index (χ2n) is 4.90. The molecule has 0 bridgehead atoms. The molecule has 3 nitrogen and oxygen atoms in total. The first kappa shape index (κ1) is 10.1. The highest BCUT2D eigenvalue weighted by molar-refractivity contribution is 5.37. The largest absolute Gasteiger partial charge is 0.367 e. The van der Waals surface area contributed by atoms with Crippen molar-refractivity contribution in [3.05, 3.63) is 23.9 Å². The molecule has 86 valence electrons. The Balaban J connectivity index is 1.64. The summed E-state index contributed by atoms with van der Waals surface area (Å²) in [6, 6.07) is 5.53. The van der Waals surface area contributed by atoms with Crippen molar-refractivity contribution in [1.82, 2.24) is 10.3 Å². The third-order valence-corrected chi connectivity index (χ3v) is 3.71. The molecule has 1 aromatic heterocycles. The number of nitrogens with zero attached hydrogens (tertiary/aromatic N) is 1. The van der Waals surface area contributed by atoms with Crippen LogP contribution in [0.1, 0.15) is 43.7 Å². The lowest BCUT2D eigenvalue weighted by Gasteiger charge is -2.27. The topological polar surface area (TPSA) is 37.0 Å². The summed E-state index contributed by atoms with van der Waals surface area (Å²) < 4.78 is 0. The number of hydrogen-bond donors (Lipinski definition) is 2. The predicted octanol–water partition coefficient (Wildman–Crippen LogP) is 2.47. The summed E-state index contributed by atoms with van der Waals surface area (Å²) >= 11 is 0. The Bertz CT molecular complexity index is 337. The standard InChI is InChI=1S/C13H19N3/c1-3-11(4-1)16-13-7-6-10(9-15-13)12-5-2-8-14-12/h6-7,9,11-12,14H,1-5,8H2,(H,15,16). The molecule has 0 radical (unpaired) electrons. The zero-order chi connectivity index (χ0) is 10.8. The van der Waals surface area contributed by atoms with Gasteiger partial charge in [0.15, 0.2) is 0 Å². The Morgan fingerprint density at radius 2 is 2.12 bits per heavy atom. The zero-order valence-electron chi connectivity index (χ0n) is 9.58. The SMILES string of the molecule is c1cc(NC2CCC2)ncc1C1CCCN1. The first-order chi connectivity index (χ1) is 7.92. The molecular weight excluding hydrogens is 198 g/mol. The maximum absolute atomic E-state index is 4.49. The smallest absolute Gasteiger partial charge is 0.126 e. The van der Waals surface area contributed by atoms with E-state index in [1.165, 1.54) is 37.7 Å². The van der Waals surface area contributed by atoms with Gasteiger partial charge in [-0.3, -0.25) is 0 Å². The van der Waals surface area contributed by atoms with Crippen LogP contribution in [0.3, 0.4) is 0 Å². The van der Waals surface area contributed by atoms with E-state index < -0.39 is 0 Å². The van der Waals surface area contributed by atoms with Crippen LogP contribution in [0.4, 0.5) is 5.82 Å². The fourth-order valence-electron chi connectivity index (χ4n) is 2.43. The maximum Gasteiger partial charge on any atom is 0.126 e. The van der Waals surface area contributed by atoms with Gasteiger partial charge in [-0.05, 0) is 50.3 Å². The Morgan fingerprint density at radius 3 is 2.69 bits per heavy atom. The molecule has 16 heavy (non-hydrogen) atoms. The van der Waals surface area contributed by atoms with Crippen molar-refractivity contribution >= 4 is 5.82 Å². The van der Waals surface area contributed by atoms with Crippen LogP contribution in [0.25, 0.3) is 0 Å². The van der Waals surface area contributed by atoms with E-state index in [1.807, 2.05) is 6.20 Å². The van der Waals surface area contributed by atoms with Crippen LogP contribution in [-0.4, -0.2) is 17.6 Å². The van der Waals surface area contributed by atoms with E-state index in [2.05, 4.69) is 27.8 Å². The van der Waals surface area contributed by atoms with Crippen molar-refractivity contribution < 1.29 is 0 Å². The minimum absolute atomic E-state index is 0.533. The molecule has 1 saturated carbocycles. The van der Waals surface area contributed by atoms with Gasteiger partial charge in [0.1, 0.15) is 5.82 Å². The molecule has 0 amide bonds. The Hall–Kier alpha value is -1.09. The van der Waals surface area contributed by atoms with Crippen LogP contribution >= 0.6 is 0 Å². The molecule has 1 aliphatic heterocycles. The number of rotatable bonds is 3. The molecule has 1 aliphatic carbocycles. The normalized spacial score (nSPS) is 25.4. The molecule has 2 N–H and O–H groups in total. The molecule has 2 aliphatic rings. The molecule has 2 fully saturated rings. The van der Waals surface area contributed by atoms with Crippen molar-refractivity contribution in [2.24, 2.45) is 0 Å². The lowest BCUT2D eigenvalue weighted by atomic mass is 9.93. The van der Waals surface area contributed by atoms with Gasteiger partial charge in [-0.25, -0.2) is 4.98 Å². The second-order valence-corrected chi connectivity index (χ2v) is 4.90. The highest BCUT2D eigenvalue weighted by atomic mass is 15.0. The zero-order valence-corrected chi connectivity index (χ0v) is 9.58. The van der Waals surface area contributed by atoms with Crippen molar-refractivity contribution in [2.45, 2.75) is 44.2 Å². The molecule has 3 heteroatoms. The molecular formula is C13H19N3. The van der Waals surface area contributed by atoms with Gasteiger partial charge in [-0.2, -0.15) is 0 Å². The number of aromatic nitrogens is 1. The number of anilines is 1. The summed E-state index contributed by atoms with van der Waals surface area (Å²) in [4.78, 5) is 4.49. The van der Waals surface area contributed by atoms with Crippen molar-refractivity contribution in [2.75, 3.05) is 11.9 Å². The lowest BCUT2D eigenvalue weighted by Crippen LogP contribution is -2.27. The van der Waals surface area contributed by atoms with E-state index in [4.69, 9.17) is 0 Å². The highest BCUT2D eigenvalue weighted by Crippen LogP contribution is 2.25. The Kier molecular flexibility index (Phi) is 2.79. The summed E-state index contributed by atoms with van der Waals surface area (Å²) in [6.45, 7) is 1.15. The number of nitrogens with one attached hydrogen (secondary N) is 2. The summed E-state index contributed by atoms with van der Waals surface area (Å²) in [5.74, 6) is 1.03. The van der Waals surface area contributed by atoms with E-state index in [0.717, 1.165) is 12.4 Å². The van der Waals surface area contributed by atoms with E-state index in [0.29, 0.717) is 12.1 Å². The van der Waals surface area contributed by atoms with Gasteiger partial charge in [0, 0.05) is 18.3 Å². The van der Waals surface area contributed by atoms with E-state index >= 15 is 0 Å². The third kappa shape index (κ3) is 2.05. The number of pyridine rings is 1. The quantitative estimate of drug-likeness (QED) is 0.816. The number of hydrogen-bond acceptors (Lipinski definition) is 3. The van der Waals surface area contributed by atoms with E-state index in [1.54, 1.807) is 0 Å². The van der Waals surface area contributed by atoms with Crippen molar-refractivity contribution in [3.8, 4) is 0 Å². The van der Waals surface area contributed by atoms with Gasteiger partial charge in [0.05, 0.1) is 0 Å². The Morgan fingerprint density at radius 1 is 1.19 bits per heavy atom. The van der Waals surface area contributed by atoms with Gasteiger partial charge in [0.25, 0.3) is 0 Å². The van der Waals surface area contributed by atoms with Gasteiger partial charge in [-0.15, -0.1) is 0 Å². The molecule has 0 spiro atoms. The minimum atomic E-state index is 0.533. The van der Waals surface area contributed by atoms with Gasteiger partial charge in [0.2, 0.25) is 0 Å². The average Bonchev–Trinajstić information content (AvgIpc) is 2.78. The van der Waals surface area contributed by atoms with Gasteiger partial charge >= 0.3 is 0 Å². The first-order valence-corrected chi connectivity index (χ1v) is 6.38. The van der Waals surface area contributed by atoms with Crippen LogP contribution in [-0.2, 0) is 0 Å². The average molecular weight is 217 g/mol. The third-order valence-electron chi connectivity index (χ3n) is 3.71. The maximum atomic E-state index is 4.49. The van der Waals surface area contributed by atoms with Crippen LogP contribution in [0.15, 0.2) is 18.3 Å². The fraction of sp³-hybridized carbons (Fsp3) is 0.615. The summed E-state index contributed by atoms with van der Waals surface area (Å²) in [6.07, 6.45) is 8.51. The van der Waals surface area contributed by atoms with Crippen molar-refractivity contribution in [3.63, 3.8) is 0 Å². The molecule has 1 aromatic rings. The monoisotopic (exact) mass is 217 g/mol. The van der Waals surface area contributed by atoms with Crippen LogP contribution in [0.2, 0.25) is 0 Å². The summed E-state index contributed by atoms with van der Waals surface area (Å²) in [7, 11) is 0. The Labute approximate surface area is 96.7 Å². The van der Waals surface area contributed by atoms with E-state index in [-0.39, 0.29) is 0 Å². The molecule has 3 rings (SSSR count). The molecule has 1 atom stereocenters. The van der Waals surface area contributed by atoms with Crippen LogP contribution < -0.4 is 10.6 Å².